The van der Waals surface area contributed by atoms with E-state index in [4.69, 9.17) is 37.4 Å². The molecule has 0 saturated heterocycles. The summed E-state index contributed by atoms with van der Waals surface area (Å²) in [5.74, 6) is 1.39. The molecule has 306 valence electrons. The summed E-state index contributed by atoms with van der Waals surface area (Å²) in [6, 6.07) is 27.7. The molecule has 3 atom stereocenters. The standard InChI is InChI=1S/C49H51Cl2N3O5/c1-30-31(2)52-20-18-42(30)35-11-8-32(9-12-35)23-45(49(56)57-3)53-48(55)46-26-37-27-47-38(25-39(37)28-54(46)40-6-4-5-7-40)24-36(19-21-58-47)34-13-15-41(16-14-34)59-29-33-10-17-43(50)44(51)22-33/h8-18,20,22,25,27,36,40,45-46H,4-7,19,21,23-24,26,28-29H2,1-3H3,(H,53,55)/t36-,45+,46+/m1/s1. The summed E-state index contributed by atoms with van der Waals surface area (Å²) in [7, 11) is 1.38. The molecule has 0 bridgehead atoms. The van der Waals surface area contributed by atoms with Crippen LogP contribution in [0.5, 0.6) is 11.5 Å². The fourth-order valence-electron chi connectivity index (χ4n) is 9.05. The molecule has 5 aromatic rings. The number of hydrogen-bond acceptors (Lipinski definition) is 7. The molecule has 1 fully saturated rings. The lowest BCUT2D eigenvalue weighted by Crippen LogP contribution is -2.56. The van der Waals surface area contributed by atoms with Crippen LogP contribution in [0.1, 0.15) is 82.7 Å². The van der Waals surface area contributed by atoms with E-state index in [9.17, 15) is 9.59 Å². The Bertz CT molecular complexity index is 2310. The first-order valence-corrected chi connectivity index (χ1v) is 21.5. The van der Waals surface area contributed by atoms with Crippen molar-refractivity contribution in [1.82, 2.24) is 15.2 Å². The van der Waals surface area contributed by atoms with E-state index in [0.29, 0.717) is 54.6 Å². The van der Waals surface area contributed by atoms with E-state index in [0.717, 1.165) is 89.1 Å². The predicted molar refractivity (Wildman–Crippen MR) is 232 cm³/mol. The number of pyridine rings is 1. The van der Waals surface area contributed by atoms with Gasteiger partial charge in [-0.2, -0.15) is 0 Å². The maximum Gasteiger partial charge on any atom is 0.328 e. The number of aryl methyl sites for hydroxylation is 1. The van der Waals surface area contributed by atoms with E-state index < -0.39 is 18.1 Å². The van der Waals surface area contributed by atoms with Crippen LogP contribution in [-0.4, -0.2) is 53.6 Å². The van der Waals surface area contributed by atoms with Crippen LogP contribution in [0.2, 0.25) is 10.0 Å². The third kappa shape index (κ3) is 9.30. The SMILES string of the molecule is COC(=O)[C@H](Cc1ccc(-c2ccnc(C)c2C)cc1)NC(=O)[C@@H]1Cc2cc3c(cc2CN1C1CCCC1)C[C@H](c1ccc(OCc2ccc(Cl)c(Cl)c2)cc1)CCO3. The summed E-state index contributed by atoms with van der Waals surface area (Å²) < 4.78 is 17.7. The molecule has 1 N–H and O–H groups in total. The summed E-state index contributed by atoms with van der Waals surface area (Å²) in [4.78, 5) is 34.4. The number of ether oxygens (including phenoxy) is 3. The van der Waals surface area contributed by atoms with Crippen LogP contribution in [0.3, 0.4) is 0 Å². The van der Waals surface area contributed by atoms with Crippen LogP contribution < -0.4 is 14.8 Å². The molecule has 0 radical (unpaired) electrons. The molecule has 1 amide bonds. The lowest BCUT2D eigenvalue weighted by molar-refractivity contribution is -0.146. The second-order valence-corrected chi connectivity index (χ2v) is 17.1. The van der Waals surface area contributed by atoms with Crippen molar-refractivity contribution in [3.05, 3.63) is 146 Å². The smallest absolute Gasteiger partial charge is 0.328 e. The van der Waals surface area contributed by atoms with Crippen LogP contribution in [-0.2, 0) is 46.7 Å². The second kappa shape index (κ2) is 18.2. The van der Waals surface area contributed by atoms with Crippen molar-refractivity contribution in [1.29, 1.82) is 0 Å². The second-order valence-electron chi connectivity index (χ2n) is 16.3. The minimum atomic E-state index is -0.814. The molecule has 1 aromatic heterocycles. The number of nitrogens with zero attached hydrogens (tertiary/aromatic N) is 2. The Hall–Kier alpha value is -4.89. The van der Waals surface area contributed by atoms with Crippen LogP contribution in [0, 0.1) is 13.8 Å². The van der Waals surface area contributed by atoms with E-state index in [1.807, 2.05) is 55.6 Å². The first-order chi connectivity index (χ1) is 28.6. The summed E-state index contributed by atoms with van der Waals surface area (Å²) in [6.07, 6.45) is 8.89. The summed E-state index contributed by atoms with van der Waals surface area (Å²) in [6.45, 7) is 5.77. The molecule has 10 heteroatoms. The maximum absolute atomic E-state index is 14.4. The maximum atomic E-state index is 14.4. The molecule has 4 aromatic carbocycles. The van der Waals surface area contributed by atoms with Gasteiger partial charge in [-0.1, -0.05) is 84.6 Å². The van der Waals surface area contributed by atoms with E-state index in [1.165, 1.54) is 23.8 Å². The van der Waals surface area contributed by atoms with Gasteiger partial charge in [-0.3, -0.25) is 14.7 Å². The Labute approximate surface area is 357 Å². The average Bonchev–Trinajstić information content (AvgIpc) is 3.71. The number of carbonyl (C=O) groups excluding carboxylic acids is 2. The quantitative estimate of drug-likeness (QED) is 0.133. The van der Waals surface area contributed by atoms with Crippen molar-refractivity contribution in [2.75, 3.05) is 13.7 Å². The number of halogens is 2. The summed E-state index contributed by atoms with van der Waals surface area (Å²) in [5.41, 5.74) is 11.1. The lowest BCUT2D eigenvalue weighted by Gasteiger charge is -2.40. The largest absolute Gasteiger partial charge is 0.493 e. The van der Waals surface area contributed by atoms with Crippen molar-refractivity contribution in [3.8, 4) is 22.6 Å². The molecule has 3 aliphatic rings. The van der Waals surface area contributed by atoms with Gasteiger partial charge in [-0.15, -0.1) is 0 Å². The van der Waals surface area contributed by atoms with Crippen LogP contribution in [0.15, 0.2) is 91.1 Å². The number of hydrogen-bond donors (Lipinski definition) is 1. The lowest BCUT2D eigenvalue weighted by atomic mass is 9.86. The van der Waals surface area contributed by atoms with Crippen LogP contribution in [0.25, 0.3) is 11.1 Å². The van der Waals surface area contributed by atoms with Gasteiger partial charge in [0, 0.05) is 30.9 Å². The zero-order valence-corrected chi connectivity index (χ0v) is 35.5. The molecule has 8 nitrogen and oxygen atoms in total. The first kappa shape index (κ1) is 40.9. The molecule has 3 heterocycles. The summed E-state index contributed by atoms with van der Waals surface area (Å²) >= 11 is 12.3. The van der Waals surface area contributed by atoms with Gasteiger partial charge in [0.1, 0.15) is 24.1 Å². The number of nitrogens with one attached hydrogen (secondary N) is 1. The van der Waals surface area contributed by atoms with Gasteiger partial charge in [0.2, 0.25) is 5.91 Å². The minimum absolute atomic E-state index is 0.141. The van der Waals surface area contributed by atoms with E-state index in [2.05, 4.69) is 58.5 Å². The van der Waals surface area contributed by atoms with Crippen molar-refractivity contribution < 1.29 is 23.8 Å². The molecule has 1 saturated carbocycles. The zero-order chi connectivity index (χ0) is 41.0. The fourth-order valence-corrected chi connectivity index (χ4v) is 9.37. The Balaban J connectivity index is 0.966. The first-order valence-electron chi connectivity index (χ1n) is 20.7. The monoisotopic (exact) mass is 831 g/mol. The fraction of sp³-hybridized carbons (Fsp3) is 0.367. The average molecular weight is 833 g/mol. The highest BCUT2D eigenvalue weighted by molar-refractivity contribution is 6.42. The molecule has 2 aliphatic heterocycles. The molecule has 0 spiro atoms. The molecule has 0 unspecified atom stereocenters. The molecule has 59 heavy (non-hydrogen) atoms. The van der Waals surface area contributed by atoms with Gasteiger partial charge < -0.3 is 19.5 Å². The number of methoxy groups -OCH3 is 1. The third-order valence-corrected chi connectivity index (χ3v) is 13.3. The normalized spacial score (nSPS) is 18.5. The predicted octanol–water partition coefficient (Wildman–Crippen LogP) is 9.93. The van der Waals surface area contributed by atoms with Gasteiger partial charge in [0.15, 0.2) is 0 Å². The number of benzene rings is 4. The van der Waals surface area contributed by atoms with Gasteiger partial charge in [0.05, 0.1) is 29.8 Å². The van der Waals surface area contributed by atoms with Gasteiger partial charge in [0.25, 0.3) is 0 Å². The van der Waals surface area contributed by atoms with E-state index >= 15 is 0 Å². The molecule has 8 rings (SSSR count). The van der Waals surface area contributed by atoms with Crippen LogP contribution >= 0.6 is 23.2 Å². The van der Waals surface area contributed by atoms with Crippen molar-refractivity contribution >= 4 is 35.1 Å². The van der Waals surface area contributed by atoms with Gasteiger partial charge in [-0.25, -0.2) is 4.79 Å². The number of fused-ring (bicyclic) bond motifs is 2. The number of esters is 1. The number of carbonyl (C=O) groups is 2. The molecular formula is C49H51Cl2N3O5. The minimum Gasteiger partial charge on any atom is -0.493 e. The number of rotatable bonds is 11. The van der Waals surface area contributed by atoms with Crippen molar-refractivity contribution in [2.45, 2.75) is 102 Å². The Morgan fingerprint density at radius 2 is 1.63 bits per heavy atom. The topological polar surface area (TPSA) is 90.0 Å². The van der Waals surface area contributed by atoms with Crippen molar-refractivity contribution in [2.24, 2.45) is 0 Å². The Morgan fingerprint density at radius 3 is 2.37 bits per heavy atom. The van der Waals surface area contributed by atoms with Gasteiger partial charge >= 0.3 is 5.97 Å². The van der Waals surface area contributed by atoms with Crippen molar-refractivity contribution in [3.63, 3.8) is 0 Å². The van der Waals surface area contributed by atoms with Gasteiger partial charge in [-0.05, 0) is 138 Å². The highest BCUT2D eigenvalue weighted by atomic mass is 35.5. The number of amides is 1. The zero-order valence-electron chi connectivity index (χ0n) is 33.9. The summed E-state index contributed by atoms with van der Waals surface area (Å²) in [5, 5.41) is 4.18. The highest BCUT2D eigenvalue weighted by Gasteiger charge is 2.39. The third-order valence-electron chi connectivity index (χ3n) is 12.5. The number of aromatic nitrogens is 1. The Morgan fingerprint density at radius 1 is 0.864 bits per heavy atom. The highest BCUT2D eigenvalue weighted by Crippen LogP contribution is 2.39. The van der Waals surface area contributed by atoms with E-state index in [1.54, 1.807) is 6.07 Å². The molecule has 1 aliphatic carbocycles. The van der Waals surface area contributed by atoms with E-state index in [-0.39, 0.29) is 5.91 Å². The Kier molecular flexibility index (Phi) is 12.6. The van der Waals surface area contributed by atoms with Crippen LogP contribution in [0.4, 0.5) is 0 Å². The molecular weight excluding hydrogens is 781 g/mol.